The molecule has 4 rings (SSSR count). The van der Waals surface area contributed by atoms with Crippen molar-refractivity contribution in [1.29, 1.82) is 0 Å². The molecule has 0 fully saturated rings. The van der Waals surface area contributed by atoms with Crippen molar-refractivity contribution in [2.24, 2.45) is 0 Å². The van der Waals surface area contributed by atoms with Gasteiger partial charge in [0, 0.05) is 23.8 Å². The molecule has 1 atom stereocenters. The van der Waals surface area contributed by atoms with Gasteiger partial charge in [0.05, 0.1) is 11.9 Å². The van der Waals surface area contributed by atoms with Gasteiger partial charge in [-0.05, 0) is 31.2 Å². The van der Waals surface area contributed by atoms with Crippen LogP contribution in [0.1, 0.15) is 39.4 Å². The van der Waals surface area contributed by atoms with E-state index in [1.807, 2.05) is 0 Å². The van der Waals surface area contributed by atoms with Crippen LogP contribution in [0.3, 0.4) is 0 Å². The molecule has 0 unspecified atom stereocenters. The summed E-state index contributed by atoms with van der Waals surface area (Å²) in [5, 5.41) is 12.9. The van der Waals surface area contributed by atoms with Gasteiger partial charge in [-0.3, -0.25) is 9.59 Å². The number of esters is 1. The van der Waals surface area contributed by atoms with Crippen molar-refractivity contribution >= 4 is 17.6 Å². The molecule has 136 valence electrons. The van der Waals surface area contributed by atoms with Crippen molar-refractivity contribution in [2.75, 3.05) is 5.32 Å². The Morgan fingerprint density at radius 2 is 2.04 bits per heavy atom. The lowest BCUT2D eigenvalue weighted by atomic mass is 10.1. The zero-order valence-corrected chi connectivity index (χ0v) is 14.1. The normalized spacial score (nSPS) is 15.3. The Morgan fingerprint density at radius 3 is 2.70 bits per heavy atom. The highest BCUT2D eigenvalue weighted by Gasteiger charge is 2.35. The molecule has 0 aliphatic carbocycles. The van der Waals surface area contributed by atoms with E-state index < -0.39 is 34.9 Å². The molecule has 9 heteroatoms. The fourth-order valence-corrected chi connectivity index (χ4v) is 2.97. The minimum absolute atomic E-state index is 0.0974. The summed E-state index contributed by atoms with van der Waals surface area (Å²) in [5.74, 6) is -2.09. The molecule has 0 saturated carbocycles. The number of imidazole rings is 1. The first kappa shape index (κ1) is 16.6. The number of ether oxygens (including phenoxy) is 1. The van der Waals surface area contributed by atoms with E-state index in [9.17, 15) is 19.5 Å². The molecule has 3 aromatic rings. The van der Waals surface area contributed by atoms with Gasteiger partial charge < -0.3 is 24.7 Å². The van der Waals surface area contributed by atoms with Crippen LogP contribution in [0.15, 0.2) is 47.8 Å². The molecule has 1 amide bonds. The second-order valence-corrected chi connectivity index (χ2v) is 5.98. The summed E-state index contributed by atoms with van der Waals surface area (Å²) in [5.41, 5.74) is -0.106. The van der Waals surface area contributed by atoms with E-state index in [0.29, 0.717) is 5.69 Å². The maximum atomic E-state index is 12.5. The molecule has 2 aromatic heterocycles. The number of pyridine rings is 1. The summed E-state index contributed by atoms with van der Waals surface area (Å²) in [4.78, 5) is 42.7. The molecule has 3 heterocycles. The van der Waals surface area contributed by atoms with Crippen molar-refractivity contribution in [3.63, 3.8) is 0 Å². The fourth-order valence-electron chi connectivity index (χ4n) is 2.97. The first-order valence-electron chi connectivity index (χ1n) is 8.05. The monoisotopic (exact) mass is 366 g/mol. The number of aromatic amines is 1. The summed E-state index contributed by atoms with van der Waals surface area (Å²) in [6.07, 6.45) is 4.31. The lowest BCUT2D eigenvalue weighted by Gasteiger charge is -2.10. The van der Waals surface area contributed by atoms with Gasteiger partial charge >= 0.3 is 5.97 Å². The van der Waals surface area contributed by atoms with Crippen molar-refractivity contribution in [3.8, 4) is 11.4 Å². The van der Waals surface area contributed by atoms with Crippen molar-refractivity contribution in [1.82, 2.24) is 14.5 Å². The minimum Gasteiger partial charge on any atom is -0.506 e. The van der Waals surface area contributed by atoms with Gasteiger partial charge in [0.2, 0.25) is 0 Å². The number of anilines is 1. The van der Waals surface area contributed by atoms with Gasteiger partial charge in [0.15, 0.2) is 0 Å². The largest absolute Gasteiger partial charge is 0.506 e. The van der Waals surface area contributed by atoms with E-state index in [1.54, 1.807) is 47.6 Å². The zero-order chi connectivity index (χ0) is 19.1. The van der Waals surface area contributed by atoms with Crippen LogP contribution in [0.2, 0.25) is 0 Å². The Kier molecular flexibility index (Phi) is 3.76. The third-order valence-corrected chi connectivity index (χ3v) is 4.28. The van der Waals surface area contributed by atoms with Crippen LogP contribution >= 0.6 is 0 Å². The van der Waals surface area contributed by atoms with Crippen LogP contribution in [-0.2, 0) is 4.74 Å². The highest BCUT2D eigenvalue weighted by Crippen LogP contribution is 2.36. The molecule has 3 N–H and O–H groups in total. The summed E-state index contributed by atoms with van der Waals surface area (Å²) in [6.45, 7) is 1.54. The molecule has 27 heavy (non-hydrogen) atoms. The second-order valence-electron chi connectivity index (χ2n) is 5.98. The Hall–Kier alpha value is -3.88. The van der Waals surface area contributed by atoms with Gasteiger partial charge in [-0.25, -0.2) is 9.78 Å². The number of amides is 1. The second kappa shape index (κ2) is 6.13. The average molecular weight is 366 g/mol. The van der Waals surface area contributed by atoms with E-state index in [1.165, 1.54) is 6.92 Å². The maximum Gasteiger partial charge on any atom is 0.356 e. The quantitative estimate of drug-likeness (QED) is 0.606. The standard InChI is InChI=1S/C18H14N4O5/c1-9-12-14(18(26)27-9)21-17(25)13(15(12)23)16(24)20-10-2-4-11(5-3-10)22-7-6-19-8-22/h2-9H,1H3,(H,20,24)(H2,21,23,25)/t9-/m1/s1. The van der Waals surface area contributed by atoms with E-state index in [4.69, 9.17) is 4.74 Å². The lowest BCUT2D eigenvalue weighted by molar-refractivity contribution is 0.0416. The Bertz CT molecular complexity index is 1100. The minimum atomic E-state index is -0.871. The number of aromatic hydroxyl groups is 1. The van der Waals surface area contributed by atoms with E-state index >= 15 is 0 Å². The number of carbonyl (C=O) groups excluding carboxylic acids is 2. The van der Waals surface area contributed by atoms with Gasteiger partial charge in [-0.2, -0.15) is 0 Å². The topological polar surface area (TPSA) is 126 Å². The molecule has 0 radical (unpaired) electrons. The Morgan fingerprint density at radius 1 is 1.30 bits per heavy atom. The van der Waals surface area contributed by atoms with Crippen molar-refractivity contribution < 1.29 is 19.4 Å². The van der Waals surface area contributed by atoms with Gasteiger partial charge in [-0.15, -0.1) is 0 Å². The molecular weight excluding hydrogens is 352 g/mol. The van der Waals surface area contributed by atoms with Crippen LogP contribution < -0.4 is 10.9 Å². The number of carbonyl (C=O) groups is 2. The summed E-state index contributed by atoms with van der Waals surface area (Å²) in [7, 11) is 0. The average Bonchev–Trinajstić information content (AvgIpc) is 3.24. The van der Waals surface area contributed by atoms with Crippen molar-refractivity contribution in [3.05, 3.63) is 70.2 Å². The summed E-state index contributed by atoms with van der Waals surface area (Å²) >= 11 is 0. The van der Waals surface area contributed by atoms with Crippen LogP contribution in [0.25, 0.3) is 5.69 Å². The third kappa shape index (κ3) is 2.74. The van der Waals surface area contributed by atoms with Crippen LogP contribution in [0.5, 0.6) is 5.75 Å². The highest BCUT2D eigenvalue weighted by atomic mass is 16.5. The van der Waals surface area contributed by atoms with Gasteiger partial charge in [0.1, 0.15) is 23.1 Å². The first-order chi connectivity index (χ1) is 13.0. The molecule has 1 aromatic carbocycles. The smallest absolute Gasteiger partial charge is 0.356 e. The molecule has 0 saturated heterocycles. The number of fused-ring (bicyclic) bond motifs is 1. The summed E-state index contributed by atoms with van der Waals surface area (Å²) in [6, 6.07) is 6.83. The SMILES string of the molecule is C[C@H]1OC(=O)c2[nH]c(=O)c(C(=O)Nc3ccc(-n4ccnc4)cc3)c(O)c21. The maximum absolute atomic E-state index is 12.5. The highest BCUT2D eigenvalue weighted by molar-refractivity contribution is 6.07. The van der Waals surface area contributed by atoms with Crippen LogP contribution in [0.4, 0.5) is 5.69 Å². The van der Waals surface area contributed by atoms with Crippen molar-refractivity contribution in [2.45, 2.75) is 13.0 Å². The number of hydrogen-bond donors (Lipinski definition) is 3. The number of cyclic esters (lactones) is 1. The Labute approximate surface area is 152 Å². The molecule has 1 aliphatic heterocycles. The third-order valence-electron chi connectivity index (χ3n) is 4.28. The van der Waals surface area contributed by atoms with E-state index in [0.717, 1.165) is 5.69 Å². The van der Waals surface area contributed by atoms with Crippen LogP contribution in [-0.4, -0.2) is 31.5 Å². The first-order valence-corrected chi connectivity index (χ1v) is 8.05. The zero-order valence-electron chi connectivity index (χ0n) is 14.1. The number of nitrogens with one attached hydrogen (secondary N) is 2. The number of hydrogen-bond acceptors (Lipinski definition) is 6. The molecule has 9 nitrogen and oxygen atoms in total. The number of H-pyrrole nitrogens is 1. The van der Waals surface area contributed by atoms with E-state index in [-0.39, 0.29) is 11.3 Å². The number of rotatable bonds is 3. The number of benzene rings is 1. The molecular formula is C18H14N4O5. The Balaban J connectivity index is 1.63. The van der Waals surface area contributed by atoms with Gasteiger partial charge in [0.25, 0.3) is 11.5 Å². The number of aromatic nitrogens is 3. The predicted octanol–water partition coefficient (Wildman–Crippen LogP) is 1.75. The summed E-state index contributed by atoms with van der Waals surface area (Å²) < 4.78 is 6.75. The fraction of sp³-hybridized carbons (Fsp3) is 0.111. The van der Waals surface area contributed by atoms with Gasteiger partial charge in [-0.1, -0.05) is 0 Å². The van der Waals surface area contributed by atoms with Crippen LogP contribution in [0, 0.1) is 0 Å². The molecule has 1 aliphatic rings. The number of nitrogens with zero attached hydrogens (tertiary/aromatic N) is 2. The lowest BCUT2D eigenvalue weighted by Crippen LogP contribution is -2.25. The molecule has 0 spiro atoms. The van der Waals surface area contributed by atoms with E-state index in [2.05, 4.69) is 15.3 Å². The molecule has 0 bridgehead atoms. The predicted molar refractivity (Wildman–Crippen MR) is 94.1 cm³/mol.